The van der Waals surface area contributed by atoms with Crippen LogP contribution >= 0.6 is 0 Å². The van der Waals surface area contributed by atoms with Crippen molar-refractivity contribution in [2.24, 2.45) is 20.5 Å². The maximum atomic E-state index is 10.7. The van der Waals surface area contributed by atoms with Crippen LogP contribution in [0.3, 0.4) is 0 Å². The van der Waals surface area contributed by atoms with Gasteiger partial charge in [-0.05, 0) is 28.6 Å². The molecule has 1 aliphatic carbocycles. The minimum absolute atomic E-state index is 0.0107. The largest absolute Gasteiger partial charge is 0.420 e. The molecular weight excluding hydrogens is 320 g/mol. The van der Waals surface area contributed by atoms with Crippen molar-refractivity contribution in [3.8, 4) is 0 Å². The Hall–Kier alpha value is -2.55. The summed E-state index contributed by atoms with van der Waals surface area (Å²) in [6, 6.07) is -0.449. The molecule has 0 saturated heterocycles. The van der Waals surface area contributed by atoms with Gasteiger partial charge in [-0.2, -0.15) is 4.91 Å². The van der Waals surface area contributed by atoms with E-state index in [0.29, 0.717) is 12.8 Å². The summed E-state index contributed by atoms with van der Waals surface area (Å²) in [5, 5.41) is 12.8. The molecule has 0 aromatic rings. The highest BCUT2D eigenvalue weighted by Crippen LogP contribution is 2.33. The molecule has 0 radical (unpaired) electrons. The Morgan fingerprint density at radius 2 is 1.70 bits per heavy atom. The third-order valence-corrected chi connectivity index (χ3v) is 5.53. The average Bonchev–Trinajstić information content (AvgIpc) is 2.93. The van der Waals surface area contributed by atoms with E-state index in [1.54, 1.807) is 0 Å². The van der Waals surface area contributed by atoms with E-state index in [0.717, 1.165) is 5.57 Å². The summed E-state index contributed by atoms with van der Waals surface area (Å²) in [7, 11) is -1.40. The van der Waals surface area contributed by atoms with Crippen LogP contribution in [0.15, 0.2) is 32.7 Å². The number of hydrogen-bond donors (Lipinski definition) is 0. The Morgan fingerprint density at radius 1 is 1.17 bits per heavy atom. The van der Waals surface area contributed by atoms with Crippen molar-refractivity contribution < 1.29 is 4.43 Å². The summed E-state index contributed by atoms with van der Waals surface area (Å²) < 4.78 is 5.89. The van der Waals surface area contributed by atoms with Gasteiger partial charge < -0.3 is 4.43 Å². The molecule has 0 amide bonds. The van der Waals surface area contributed by atoms with Gasteiger partial charge in [0.05, 0.1) is 6.10 Å². The molecule has 1 saturated carbocycles. The van der Waals surface area contributed by atoms with Gasteiger partial charge in [-0.25, -0.2) is 0 Å². The van der Waals surface area contributed by atoms with Gasteiger partial charge in [0.15, 0.2) is 9.76 Å². The summed E-state index contributed by atoms with van der Waals surface area (Å²) in [5.74, 6) is 0. The van der Waals surface area contributed by atoms with Gasteiger partial charge in [0.1, 0.15) is 6.04 Å². The molecule has 0 aliphatic heterocycles. The number of hydrogen-bond acceptors (Lipinski definition) is 6. The quantitative estimate of drug-likeness (QED) is 0.148. The average molecular weight is 336 g/mol. The van der Waals surface area contributed by atoms with Gasteiger partial charge in [0, 0.05) is 45.8 Å². The number of rotatable bonds is 10. The second-order valence-electron chi connectivity index (χ2n) is 5.32. The van der Waals surface area contributed by atoms with Crippen molar-refractivity contribution in [1.29, 1.82) is 0 Å². The van der Waals surface area contributed by atoms with Crippen LogP contribution in [0.4, 0.5) is 0 Å². The molecule has 13 heteroatoms. The second kappa shape index (κ2) is 9.46. The summed E-state index contributed by atoms with van der Waals surface area (Å²) in [4.78, 5) is 18.8. The first kappa shape index (κ1) is 18.5. The molecule has 0 spiro atoms. The molecule has 23 heavy (non-hydrogen) atoms. The standard InChI is InChI=1S/C10H16N10O2Si/c1-7-2-8(3-9(7)17-21)22-23-10(4-14-18-11,5-15-19-12)6-16-20-13/h8-9H,1-6,23H2/t8-,9-/m1/s1. The molecule has 0 bridgehead atoms. The number of nitroso groups, excluding NO2 is 1. The zero-order chi connectivity index (χ0) is 17.1. The van der Waals surface area contributed by atoms with E-state index < -0.39 is 20.8 Å². The zero-order valence-electron chi connectivity index (χ0n) is 12.4. The van der Waals surface area contributed by atoms with Gasteiger partial charge in [-0.1, -0.05) is 27.1 Å². The van der Waals surface area contributed by atoms with E-state index in [2.05, 4.69) is 41.8 Å². The third-order valence-electron chi connectivity index (χ3n) is 3.61. The Morgan fingerprint density at radius 3 is 2.09 bits per heavy atom. The van der Waals surface area contributed by atoms with E-state index in [-0.39, 0.29) is 25.7 Å². The fourth-order valence-electron chi connectivity index (χ4n) is 2.30. The number of azide groups is 3. The lowest BCUT2D eigenvalue weighted by atomic mass is 10.1. The molecular formula is C10H16N10O2Si. The maximum Gasteiger partial charge on any atom is 0.168 e. The molecule has 0 unspecified atom stereocenters. The highest BCUT2D eigenvalue weighted by Gasteiger charge is 2.34. The van der Waals surface area contributed by atoms with Gasteiger partial charge in [0.25, 0.3) is 0 Å². The first-order chi connectivity index (χ1) is 11.1. The van der Waals surface area contributed by atoms with Crippen molar-refractivity contribution in [1.82, 2.24) is 0 Å². The molecule has 122 valence electrons. The van der Waals surface area contributed by atoms with Gasteiger partial charge >= 0.3 is 0 Å². The van der Waals surface area contributed by atoms with E-state index in [4.69, 9.17) is 21.0 Å². The Kier molecular flexibility index (Phi) is 7.61. The first-order valence-corrected chi connectivity index (χ1v) is 8.03. The molecule has 0 aromatic heterocycles. The van der Waals surface area contributed by atoms with Crippen LogP contribution in [0.1, 0.15) is 12.8 Å². The molecule has 0 N–H and O–H groups in total. The molecule has 1 fully saturated rings. The van der Waals surface area contributed by atoms with E-state index >= 15 is 0 Å². The normalized spacial score (nSPS) is 22.7. The van der Waals surface area contributed by atoms with Crippen molar-refractivity contribution in [3.05, 3.63) is 48.4 Å². The highest BCUT2D eigenvalue weighted by molar-refractivity contribution is 6.33. The van der Waals surface area contributed by atoms with Crippen molar-refractivity contribution >= 4 is 9.76 Å². The van der Waals surface area contributed by atoms with Crippen LogP contribution in [-0.4, -0.2) is 41.5 Å². The van der Waals surface area contributed by atoms with Gasteiger partial charge in [0.2, 0.25) is 0 Å². The predicted molar refractivity (Wildman–Crippen MR) is 86.1 cm³/mol. The topological polar surface area (TPSA) is 185 Å². The van der Waals surface area contributed by atoms with Crippen molar-refractivity contribution in [3.63, 3.8) is 0 Å². The number of nitrogens with zero attached hydrogens (tertiary/aromatic N) is 10. The summed E-state index contributed by atoms with van der Waals surface area (Å²) >= 11 is 0. The molecule has 0 aromatic carbocycles. The van der Waals surface area contributed by atoms with Crippen LogP contribution in [0, 0.1) is 4.91 Å². The second-order valence-corrected chi connectivity index (χ2v) is 7.44. The predicted octanol–water partition coefficient (Wildman–Crippen LogP) is 3.03. The molecule has 0 heterocycles. The van der Waals surface area contributed by atoms with Crippen molar-refractivity contribution in [2.45, 2.75) is 30.0 Å². The van der Waals surface area contributed by atoms with Crippen LogP contribution in [0.25, 0.3) is 31.3 Å². The Balaban J connectivity index is 2.82. The molecule has 1 rings (SSSR count). The van der Waals surface area contributed by atoms with E-state index in [1.807, 2.05) is 0 Å². The summed E-state index contributed by atoms with van der Waals surface area (Å²) in [6.07, 6.45) is 0.791. The van der Waals surface area contributed by atoms with Gasteiger partial charge in [-0.15, -0.1) is 0 Å². The van der Waals surface area contributed by atoms with Crippen LogP contribution < -0.4 is 0 Å². The van der Waals surface area contributed by atoms with Crippen LogP contribution in [-0.2, 0) is 4.43 Å². The minimum atomic E-state index is -1.40. The lowest BCUT2D eigenvalue weighted by Gasteiger charge is -2.29. The first-order valence-electron chi connectivity index (χ1n) is 6.75. The SMILES string of the molecule is C=C1C[C@@H](O[SiH2]C(CN=[N+]=[N-])(CN=[N+]=[N-])CN=[N+]=[N-])C[C@H]1N=O. The molecule has 12 nitrogen and oxygen atoms in total. The molecule has 1 aliphatic rings. The fraction of sp³-hybridized carbons (Fsp3) is 0.800. The van der Waals surface area contributed by atoms with E-state index in [1.165, 1.54) is 0 Å². The lowest BCUT2D eigenvalue weighted by Crippen LogP contribution is -2.34. The van der Waals surface area contributed by atoms with Gasteiger partial charge in [-0.3, -0.25) is 0 Å². The smallest absolute Gasteiger partial charge is 0.168 e. The van der Waals surface area contributed by atoms with E-state index in [9.17, 15) is 4.91 Å². The zero-order valence-corrected chi connectivity index (χ0v) is 13.8. The Bertz CT molecular complexity index is 540. The van der Waals surface area contributed by atoms with Crippen molar-refractivity contribution in [2.75, 3.05) is 19.6 Å². The monoisotopic (exact) mass is 336 g/mol. The lowest BCUT2D eigenvalue weighted by molar-refractivity contribution is 0.209. The molecule has 2 atom stereocenters. The summed E-state index contributed by atoms with van der Waals surface area (Å²) in [6.45, 7) is 3.82. The summed E-state index contributed by atoms with van der Waals surface area (Å²) in [5.41, 5.74) is 26.3. The minimum Gasteiger partial charge on any atom is -0.420 e. The van der Waals surface area contributed by atoms with Crippen LogP contribution in [0.5, 0.6) is 0 Å². The maximum absolute atomic E-state index is 10.7. The van der Waals surface area contributed by atoms with Crippen LogP contribution in [0.2, 0.25) is 5.04 Å². The fourth-order valence-corrected chi connectivity index (χ4v) is 3.72. The third kappa shape index (κ3) is 5.62. The highest BCUT2D eigenvalue weighted by atomic mass is 28.2. The Labute approximate surface area is 133 Å².